The van der Waals surface area contributed by atoms with Crippen LogP contribution in [0.2, 0.25) is 5.02 Å². The molecular formula is C23H23ClN2O5. The quantitative estimate of drug-likeness (QED) is 0.357. The summed E-state index contributed by atoms with van der Waals surface area (Å²) in [7, 11) is 1.41. The number of hydrogen-bond acceptors (Lipinski definition) is 6. The van der Waals surface area contributed by atoms with E-state index in [1.165, 1.54) is 19.3 Å². The number of nitrogens with zero attached hydrogens (tertiary/aromatic N) is 1. The SMILES string of the molecule is CCOC(=O)COc1c(Cl)cc(/C=C(/C#N)C(=O)N[C@@H](C)c2ccccc2)cc1OC. The Bertz CT molecular complexity index is 999. The number of halogens is 1. The standard InChI is InChI=1S/C23H23ClN2O5/c1-4-30-21(27)14-31-22-19(24)11-16(12-20(22)29-3)10-18(13-25)23(28)26-15(2)17-8-6-5-7-9-17/h5-12,15H,4,14H2,1-3H3,(H,26,28)/b18-10-/t15-/m0/s1. The van der Waals surface area contributed by atoms with Crippen molar-refractivity contribution in [2.45, 2.75) is 19.9 Å². The number of rotatable bonds is 9. The number of nitriles is 1. The van der Waals surface area contributed by atoms with Gasteiger partial charge in [-0.3, -0.25) is 4.79 Å². The van der Waals surface area contributed by atoms with Crippen molar-refractivity contribution in [2.75, 3.05) is 20.3 Å². The highest BCUT2D eigenvalue weighted by Crippen LogP contribution is 2.37. The summed E-state index contributed by atoms with van der Waals surface area (Å²) in [6.07, 6.45) is 1.40. The molecule has 2 aromatic carbocycles. The lowest BCUT2D eigenvalue weighted by atomic mass is 10.1. The number of nitrogens with one attached hydrogen (secondary N) is 1. The van der Waals surface area contributed by atoms with Crippen LogP contribution < -0.4 is 14.8 Å². The summed E-state index contributed by atoms with van der Waals surface area (Å²) in [6.45, 7) is 3.43. The molecule has 0 unspecified atom stereocenters. The third kappa shape index (κ3) is 6.76. The van der Waals surface area contributed by atoms with Crippen molar-refractivity contribution in [3.63, 3.8) is 0 Å². The highest BCUT2D eigenvalue weighted by Gasteiger charge is 2.17. The van der Waals surface area contributed by atoms with Gasteiger partial charge in [-0.15, -0.1) is 0 Å². The number of carbonyl (C=O) groups excluding carboxylic acids is 2. The molecule has 1 N–H and O–H groups in total. The van der Waals surface area contributed by atoms with Crippen LogP contribution in [0.25, 0.3) is 6.08 Å². The third-order valence-electron chi connectivity index (χ3n) is 4.21. The van der Waals surface area contributed by atoms with Gasteiger partial charge in [0, 0.05) is 0 Å². The molecule has 0 aliphatic rings. The van der Waals surface area contributed by atoms with Crippen molar-refractivity contribution in [2.24, 2.45) is 0 Å². The Hall–Kier alpha value is -3.50. The molecule has 0 aromatic heterocycles. The second-order valence-corrected chi connectivity index (χ2v) is 6.81. The number of esters is 1. The van der Waals surface area contributed by atoms with E-state index in [9.17, 15) is 14.9 Å². The van der Waals surface area contributed by atoms with Crippen LogP contribution in [-0.4, -0.2) is 32.2 Å². The van der Waals surface area contributed by atoms with Crippen LogP contribution in [0.1, 0.15) is 31.0 Å². The fourth-order valence-electron chi connectivity index (χ4n) is 2.71. The third-order valence-corrected chi connectivity index (χ3v) is 4.50. The largest absolute Gasteiger partial charge is 0.493 e. The molecular weight excluding hydrogens is 420 g/mol. The lowest BCUT2D eigenvalue weighted by molar-refractivity contribution is -0.145. The average Bonchev–Trinajstić information content (AvgIpc) is 2.76. The van der Waals surface area contributed by atoms with Crippen molar-refractivity contribution >= 4 is 29.6 Å². The Labute approximate surface area is 186 Å². The fraction of sp³-hybridized carbons (Fsp3) is 0.261. The van der Waals surface area contributed by atoms with Crippen LogP contribution in [0.5, 0.6) is 11.5 Å². The van der Waals surface area contributed by atoms with Gasteiger partial charge in [-0.2, -0.15) is 5.26 Å². The molecule has 0 spiro atoms. The molecule has 0 fully saturated rings. The normalized spacial score (nSPS) is 11.8. The van der Waals surface area contributed by atoms with Crippen molar-refractivity contribution < 1.29 is 23.8 Å². The zero-order valence-corrected chi connectivity index (χ0v) is 18.2. The summed E-state index contributed by atoms with van der Waals surface area (Å²) in [5.41, 5.74) is 1.28. The monoisotopic (exact) mass is 442 g/mol. The van der Waals surface area contributed by atoms with Crippen LogP contribution in [0, 0.1) is 11.3 Å². The van der Waals surface area contributed by atoms with Gasteiger partial charge in [0.1, 0.15) is 11.6 Å². The minimum atomic E-state index is -0.541. The Kier molecular flexibility index (Phi) is 8.92. The molecule has 1 amide bonds. The maximum Gasteiger partial charge on any atom is 0.344 e. The first-order valence-electron chi connectivity index (χ1n) is 9.53. The fourth-order valence-corrected chi connectivity index (χ4v) is 2.99. The first-order valence-corrected chi connectivity index (χ1v) is 9.90. The first kappa shape index (κ1) is 23.8. The highest BCUT2D eigenvalue weighted by atomic mass is 35.5. The maximum absolute atomic E-state index is 12.6. The Morgan fingerprint density at radius 2 is 1.97 bits per heavy atom. The van der Waals surface area contributed by atoms with Crippen LogP contribution in [-0.2, 0) is 14.3 Å². The molecule has 8 heteroatoms. The van der Waals surface area contributed by atoms with Crippen molar-refractivity contribution in [1.29, 1.82) is 5.26 Å². The van der Waals surface area contributed by atoms with E-state index in [1.807, 2.05) is 43.3 Å². The van der Waals surface area contributed by atoms with Crippen molar-refractivity contribution in [3.8, 4) is 17.6 Å². The van der Waals surface area contributed by atoms with Crippen molar-refractivity contribution in [3.05, 3.63) is 64.2 Å². The van der Waals surface area contributed by atoms with Gasteiger partial charge in [0.2, 0.25) is 0 Å². The predicted octanol–water partition coefficient (Wildman–Crippen LogP) is 4.07. The van der Waals surface area contributed by atoms with Gasteiger partial charge in [-0.1, -0.05) is 41.9 Å². The lowest BCUT2D eigenvalue weighted by Crippen LogP contribution is -2.27. The molecule has 0 bridgehead atoms. The van der Waals surface area contributed by atoms with Crippen LogP contribution in [0.15, 0.2) is 48.0 Å². The molecule has 2 aromatic rings. The summed E-state index contributed by atoms with van der Waals surface area (Å²) >= 11 is 6.27. The minimum Gasteiger partial charge on any atom is -0.493 e. The number of benzene rings is 2. The van der Waals surface area contributed by atoms with E-state index in [4.69, 9.17) is 25.8 Å². The smallest absolute Gasteiger partial charge is 0.344 e. The van der Waals surface area contributed by atoms with E-state index >= 15 is 0 Å². The summed E-state index contributed by atoms with van der Waals surface area (Å²) in [4.78, 5) is 24.1. The zero-order chi connectivity index (χ0) is 22.8. The molecule has 1 atom stereocenters. The molecule has 0 aliphatic carbocycles. The molecule has 0 radical (unpaired) electrons. The number of methoxy groups -OCH3 is 1. The van der Waals surface area contributed by atoms with E-state index < -0.39 is 11.9 Å². The van der Waals surface area contributed by atoms with E-state index in [1.54, 1.807) is 13.0 Å². The predicted molar refractivity (Wildman–Crippen MR) is 117 cm³/mol. The minimum absolute atomic E-state index is 0.0962. The van der Waals surface area contributed by atoms with Gasteiger partial charge >= 0.3 is 5.97 Å². The summed E-state index contributed by atoms with van der Waals surface area (Å²) in [6, 6.07) is 14.1. The van der Waals surface area contributed by atoms with E-state index in [-0.39, 0.29) is 41.4 Å². The zero-order valence-electron chi connectivity index (χ0n) is 17.5. The van der Waals surface area contributed by atoms with Gasteiger partial charge in [-0.25, -0.2) is 4.79 Å². The molecule has 162 valence electrons. The highest BCUT2D eigenvalue weighted by molar-refractivity contribution is 6.32. The molecule has 0 saturated heterocycles. The number of amides is 1. The Morgan fingerprint density at radius 3 is 2.58 bits per heavy atom. The van der Waals surface area contributed by atoms with E-state index in [2.05, 4.69) is 5.32 Å². The van der Waals surface area contributed by atoms with E-state index in [0.717, 1.165) is 5.56 Å². The molecule has 0 heterocycles. The van der Waals surface area contributed by atoms with Crippen LogP contribution >= 0.6 is 11.6 Å². The maximum atomic E-state index is 12.6. The Balaban J connectivity index is 2.21. The average molecular weight is 443 g/mol. The Morgan fingerprint density at radius 1 is 1.26 bits per heavy atom. The van der Waals surface area contributed by atoms with Crippen LogP contribution in [0.3, 0.4) is 0 Å². The molecule has 0 aliphatic heterocycles. The van der Waals surface area contributed by atoms with Gasteiger partial charge in [0.05, 0.1) is 24.8 Å². The number of hydrogen-bond donors (Lipinski definition) is 1. The molecule has 0 saturated carbocycles. The topological polar surface area (TPSA) is 97.7 Å². The molecule has 7 nitrogen and oxygen atoms in total. The second-order valence-electron chi connectivity index (χ2n) is 6.40. The van der Waals surface area contributed by atoms with Crippen molar-refractivity contribution in [1.82, 2.24) is 5.32 Å². The van der Waals surface area contributed by atoms with Gasteiger partial charge in [-0.05, 0) is 43.2 Å². The summed E-state index contributed by atoms with van der Waals surface area (Å²) in [5.74, 6) is -0.648. The van der Waals surface area contributed by atoms with E-state index in [0.29, 0.717) is 5.56 Å². The summed E-state index contributed by atoms with van der Waals surface area (Å²) < 4.78 is 15.5. The number of carbonyl (C=O) groups is 2. The lowest BCUT2D eigenvalue weighted by Gasteiger charge is -2.14. The molecule has 31 heavy (non-hydrogen) atoms. The van der Waals surface area contributed by atoms with Gasteiger partial charge in [0.15, 0.2) is 18.1 Å². The molecule has 2 rings (SSSR count). The summed E-state index contributed by atoms with van der Waals surface area (Å²) in [5, 5.41) is 12.4. The number of ether oxygens (including phenoxy) is 3. The van der Waals surface area contributed by atoms with Crippen LogP contribution in [0.4, 0.5) is 0 Å². The first-order chi connectivity index (χ1) is 14.9. The van der Waals surface area contributed by atoms with Gasteiger partial charge < -0.3 is 19.5 Å². The van der Waals surface area contributed by atoms with Gasteiger partial charge in [0.25, 0.3) is 5.91 Å². The second kappa shape index (κ2) is 11.6.